The van der Waals surface area contributed by atoms with Gasteiger partial charge in [0.2, 0.25) is 0 Å². The third-order valence-electron chi connectivity index (χ3n) is 4.19. The number of carbonyl (C=O) groups excluding carboxylic acids is 1. The summed E-state index contributed by atoms with van der Waals surface area (Å²) in [4.78, 5) is 12.3. The first-order valence-corrected chi connectivity index (χ1v) is 8.22. The van der Waals surface area contributed by atoms with Crippen LogP contribution in [0.3, 0.4) is 0 Å². The Morgan fingerprint density at radius 2 is 1.84 bits per heavy atom. The molecule has 0 aliphatic heterocycles. The normalized spacial score (nSPS) is 11.6. The highest BCUT2D eigenvalue weighted by Gasteiger charge is 2.17. The van der Waals surface area contributed by atoms with E-state index in [0.29, 0.717) is 17.7 Å². The van der Waals surface area contributed by atoms with Gasteiger partial charge in [-0.05, 0) is 18.1 Å². The van der Waals surface area contributed by atoms with E-state index in [4.69, 9.17) is 4.74 Å². The van der Waals surface area contributed by atoms with Crippen LogP contribution < -0.4 is 4.74 Å². The minimum atomic E-state index is -0.782. The Balaban J connectivity index is 2.16. The van der Waals surface area contributed by atoms with Gasteiger partial charge in [-0.15, -0.1) is 0 Å². The maximum absolute atomic E-state index is 12.3. The maximum atomic E-state index is 12.3. The molecule has 25 heavy (non-hydrogen) atoms. The fraction of sp³-hybridized carbons (Fsp3) is 0.227. The molecule has 0 saturated heterocycles. The molecule has 1 atom stereocenters. The van der Waals surface area contributed by atoms with Gasteiger partial charge in [-0.1, -0.05) is 67.3 Å². The number of benzene rings is 2. The zero-order chi connectivity index (χ0) is 18.4. The van der Waals surface area contributed by atoms with Crippen molar-refractivity contribution in [3.8, 4) is 5.75 Å². The quantitative estimate of drug-likeness (QED) is 0.724. The van der Waals surface area contributed by atoms with E-state index in [1.807, 2.05) is 31.2 Å². The van der Waals surface area contributed by atoms with Crippen LogP contribution in [0.5, 0.6) is 5.75 Å². The van der Waals surface area contributed by atoms with Gasteiger partial charge in [-0.3, -0.25) is 4.79 Å². The first-order valence-electron chi connectivity index (χ1n) is 8.22. The zero-order valence-corrected chi connectivity index (χ0v) is 14.8. The minimum Gasteiger partial charge on any atom is -0.496 e. The van der Waals surface area contributed by atoms with Crippen LogP contribution in [0, 0.1) is 6.92 Å². The van der Waals surface area contributed by atoms with Crippen molar-refractivity contribution >= 4 is 17.9 Å². The molecule has 0 amide bonds. The largest absolute Gasteiger partial charge is 0.496 e. The fourth-order valence-corrected chi connectivity index (χ4v) is 2.85. The van der Waals surface area contributed by atoms with Crippen LogP contribution >= 0.6 is 0 Å². The number of methoxy groups -OCH3 is 1. The summed E-state index contributed by atoms with van der Waals surface area (Å²) in [5.41, 5.74) is 4.31. The van der Waals surface area contributed by atoms with Crippen molar-refractivity contribution in [2.45, 2.75) is 25.9 Å². The molecular formula is C22H24O3. The fourth-order valence-electron chi connectivity index (χ4n) is 2.85. The number of Topliss-reactive ketones (excluding diaryl/α,β-unsaturated/α-hetero) is 1. The first kappa shape index (κ1) is 18.7. The van der Waals surface area contributed by atoms with Crippen LogP contribution in [0.4, 0.5) is 0 Å². The molecule has 1 N–H and O–H groups in total. The van der Waals surface area contributed by atoms with E-state index in [1.165, 1.54) is 0 Å². The number of hydrogen-bond donors (Lipinski definition) is 1. The summed E-state index contributed by atoms with van der Waals surface area (Å²) in [5.74, 6) is 0.590. The Kier molecular flexibility index (Phi) is 6.31. The van der Waals surface area contributed by atoms with Crippen LogP contribution in [-0.4, -0.2) is 24.1 Å². The van der Waals surface area contributed by atoms with Crippen molar-refractivity contribution in [2.24, 2.45) is 0 Å². The third-order valence-corrected chi connectivity index (χ3v) is 4.19. The second-order valence-electron chi connectivity index (χ2n) is 6.02. The Hall–Kier alpha value is -2.65. The Labute approximate surface area is 149 Å². The zero-order valence-electron chi connectivity index (χ0n) is 14.8. The molecule has 0 radical (unpaired) electrons. The van der Waals surface area contributed by atoms with Crippen LogP contribution in [0.15, 0.2) is 49.6 Å². The number of aryl methyl sites for hydroxylation is 1. The molecule has 130 valence electrons. The van der Waals surface area contributed by atoms with Gasteiger partial charge in [0.05, 0.1) is 13.2 Å². The standard InChI is InChI=1S/C22H24O3/c1-5-16-11-12-18(22(25-4)20(16)6-2)13-19(23)14-21(24)17-9-7-15(3)8-10-17/h5-12,19,23H,1-2,13-14H2,3-4H3. The lowest BCUT2D eigenvalue weighted by atomic mass is 9.95. The lowest BCUT2D eigenvalue weighted by Gasteiger charge is -2.16. The van der Waals surface area contributed by atoms with Gasteiger partial charge in [0.1, 0.15) is 5.75 Å². The van der Waals surface area contributed by atoms with Crippen molar-refractivity contribution < 1.29 is 14.6 Å². The van der Waals surface area contributed by atoms with E-state index in [1.54, 1.807) is 31.4 Å². The van der Waals surface area contributed by atoms with Crippen LogP contribution in [-0.2, 0) is 6.42 Å². The molecule has 2 aromatic rings. The average Bonchev–Trinajstić information content (AvgIpc) is 2.61. The Bertz CT molecular complexity index is 773. The molecule has 3 heteroatoms. The van der Waals surface area contributed by atoms with Crippen molar-refractivity contribution in [3.05, 3.63) is 77.4 Å². The summed E-state index contributed by atoms with van der Waals surface area (Å²) >= 11 is 0. The minimum absolute atomic E-state index is 0.0683. The third kappa shape index (κ3) is 4.46. The van der Waals surface area contributed by atoms with Gasteiger partial charge in [0, 0.05) is 24.0 Å². The summed E-state index contributed by atoms with van der Waals surface area (Å²) in [7, 11) is 1.59. The Morgan fingerprint density at radius 3 is 2.40 bits per heavy atom. The molecule has 0 saturated carbocycles. The monoisotopic (exact) mass is 336 g/mol. The van der Waals surface area contributed by atoms with Crippen LogP contribution in [0.25, 0.3) is 12.2 Å². The lowest BCUT2D eigenvalue weighted by molar-refractivity contribution is 0.0880. The van der Waals surface area contributed by atoms with Gasteiger partial charge < -0.3 is 9.84 Å². The van der Waals surface area contributed by atoms with Crippen LogP contribution in [0.2, 0.25) is 0 Å². The Morgan fingerprint density at radius 1 is 1.16 bits per heavy atom. The van der Waals surface area contributed by atoms with E-state index in [2.05, 4.69) is 13.2 Å². The van der Waals surface area contributed by atoms with E-state index < -0.39 is 6.10 Å². The van der Waals surface area contributed by atoms with Crippen molar-refractivity contribution in [2.75, 3.05) is 7.11 Å². The number of hydrogen-bond acceptors (Lipinski definition) is 3. The highest BCUT2D eigenvalue weighted by molar-refractivity contribution is 5.96. The summed E-state index contributed by atoms with van der Waals surface area (Å²) < 4.78 is 5.50. The molecule has 1 unspecified atom stereocenters. The molecule has 0 aliphatic carbocycles. The summed E-state index contributed by atoms with van der Waals surface area (Å²) in [6, 6.07) is 11.2. The SMILES string of the molecule is C=Cc1ccc(CC(O)CC(=O)c2ccc(C)cc2)c(OC)c1C=C. The van der Waals surface area contributed by atoms with Gasteiger partial charge >= 0.3 is 0 Å². The number of aliphatic hydroxyl groups is 1. The van der Waals surface area contributed by atoms with Gasteiger partial charge in [0.15, 0.2) is 5.78 Å². The van der Waals surface area contributed by atoms with Gasteiger partial charge in [-0.2, -0.15) is 0 Å². The summed E-state index contributed by atoms with van der Waals surface area (Å²) in [6.45, 7) is 9.58. The van der Waals surface area contributed by atoms with E-state index >= 15 is 0 Å². The summed E-state index contributed by atoms with van der Waals surface area (Å²) in [5, 5.41) is 10.4. The van der Waals surface area contributed by atoms with E-state index in [0.717, 1.165) is 22.3 Å². The second-order valence-corrected chi connectivity index (χ2v) is 6.02. The topological polar surface area (TPSA) is 46.5 Å². The lowest BCUT2D eigenvalue weighted by Crippen LogP contribution is -2.17. The van der Waals surface area contributed by atoms with Crippen LogP contribution in [0.1, 0.15) is 39.0 Å². The molecule has 0 aromatic heterocycles. The molecule has 0 heterocycles. The number of aliphatic hydroxyl groups excluding tert-OH is 1. The predicted molar refractivity (Wildman–Crippen MR) is 103 cm³/mol. The summed E-state index contributed by atoms with van der Waals surface area (Å²) in [6.07, 6.45) is 3.07. The highest BCUT2D eigenvalue weighted by Crippen LogP contribution is 2.30. The number of carbonyl (C=O) groups is 1. The van der Waals surface area contributed by atoms with Crippen molar-refractivity contribution in [1.82, 2.24) is 0 Å². The molecule has 0 aliphatic rings. The van der Waals surface area contributed by atoms with Crippen molar-refractivity contribution in [1.29, 1.82) is 0 Å². The van der Waals surface area contributed by atoms with E-state index in [-0.39, 0.29) is 12.2 Å². The number of rotatable bonds is 8. The number of ketones is 1. The number of ether oxygens (including phenoxy) is 1. The molecular weight excluding hydrogens is 312 g/mol. The average molecular weight is 336 g/mol. The molecule has 0 spiro atoms. The highest BCUT2D eigenvalue weighted by atomic mass is 16.5. The first-order chi connectivity index (χ1) is 12.0. The molecule has 0 bridgehead atoms. The smallest absolute Gasteiger partial charge is 0.165 e. The molecule has 2 aromatic carbocycles. The maximum Gasteiger partial charge on any atom is 0.165 e. The predicted octanol–water partition coefficient (Wildman–Crippen LogP) is 4.47. The second kappa shape index (κ2) is 8.45. The molecule has 3 nitrogen and oxygen atoms in total. The molecule has 2 rings (SSSR count). The van der Waals surface area contributed by atoms with Gasteiger partial charge in [-0.25, -0.2) is 0 Å². The molecule has 0 fully saturated rings. The van der Waals surface area contributed by atoms with E-state index in [9.17, 15) is 9.90 Å². The van der Waals surface area contributed by atoms with Crippen molar-refractivity contribution in [3.63, 3.8) is 0 Å². The van der Waals surface area contributed by atoms with Gasteiger partial charge in [0.25, 0.3) is 0 Å².